The van der Waals surface area contributed by atoms with Crippen molar-refractivity contribution in [2.45, 2.75) is 12.6 Å². The standard InChI is InChI=1S/C9H11F3N2O3S/c10-9(11,12)7-17-14-18(15,16)6-4-8-3-1-2-5-13-8/h1-3,5,14H,4,6-7H2. The minimum Gasteiger partial charge on any atom is -0.278 e. The molecular weight excluding hydrogens is 273 g/mol. The predicted molar refractivity (Wildman–Crippen MR) is 56.9 cm³/mol. The van der Waals surface area contributed by atoms with Crippen LogP contribution in [0, 0.1) is 0 Å². The fraction of sp³-hybridized carbons (Fsp3) is 0.444. The summed E-state index contributed by atoms with van der Waals surface area (Å²) in [6.07, 6.45) is -3.00. The zero-order valence-electron chi connectivity index (χ0n) is 9.14. The first-order valence-corrected chi connectivity index (χ1v) is 6.52. The summed E-state index contributed by atoms with van der Waals surface area (Å²) in [6, 6.07) is 4.97. The van der Waals surface area contributed by atoms with E-state index in [2.05, 4.69) is 9.82 Å². The zero-order chi connectivity index (χ0) is 13.6. The van der Waals surface area contributed by atoms with E-state index >= 15 is 0 Å². The van der Waals surface area contributed by atoms with Gasteiger partial charge in [0.2, 0.25) is 10.0 Å². The molecule has 0 amide bonds. The predicted octanol–water partition coefficient (Wildman–Crippen LogP) is 1.04. The molecule has 1 heterocycles. The number of hydrogen-bond acceptors (Lipinski definition) is 4. The summed E-state index contributed by atoms with van der Waals surface area (Å²) in [6.45, 7) is -1.67. The van der Waals surface area contributed by atoms with Gasteiger partial charge in [0, 0.05) is 18.3 Å². The minimum atomic E-state index is -4.58. The van der Waals surface area contributed by atoms with Gasteiger partial charge in [0.05, 0.1) is 5.75 Å². The fourth-order valence-electron chi connectivity index (χ4n) is 1.03. The number of aryl methyl sites for hydroxylation is 1. The Morgan fingerprint density at radius 2 is 2.06 bits per heavy atom. The van der Waals surface area contributed by atoms with Gasteiger partial charge in [0.1, 0.15) is 0 Å². The van der Waals surface area contributed by atoms with Crippen LogP contribution in [0.1, 0.15) is 5.69 Å². The maximum atomic E-state index is 11.7. The molecule has 0 aromatic carbocycles. The third kappa shape index (κ3) is 6.52. The molecule has 0 aliphatic heterocycles. The summed E-state index contributed by atoms with van der Waals surface area (Å²) >= 11 is 0. The highest BCUT2D eigenvalue weighted by molar-refractivity contribution is 7.89. The molecule has 0 aliphatic rings. The normalized spacial score (nSPS) is 12.6. The van der Waals surface area contributed by atoms with Gasteiger partial charge in [-0.2, -0.15) is 13.2 Å². The van der Waals surface area contributed by atoms with E-state index < -0.39 is 28.6 Å². The van der Waals surface area contributed by atoms with E-state index in [1.807, 2.05) is 0 Å². The number of aromatic nitrogens is 1. The summed E-state index contributed by atoms with van der Waals surface area (Å²) in [5.41, 5.74) is 0.527. The van der Waals surface area contributed by atoms with Crippen molar-refractivity contribution in [1.29, 1.82) is 0 Å². The summed E-state index contributed by atoms with van der Waals surface area (Å²) in [5.74, 6) is -0.401. The highest BCUT2D eigenvalue weighted by atomic mass is 32.2. The van der Waals surface area contributed by atoms with Gasteiger partial charge >= 0.3 is 6.18 Å². The maximum absolute atomic E-state index is 11.7. The lowest BCUT2D eigenvalue weighted by Gasteiger charge is -2.08. The van der Waals surface area contributed by atoms with Crippen LogP contribution in [0.2, 0.25) is 0 Å². The molecule has 0 unspecified atom stereocenters. The molecule has 0 fully saturated rings. The smallest absolute Gasteiger partial charge is 0.278 e. The van der Waals surface area contributed by atoms with Crippen molar-refractivity contribution in [2.24, 2.45) is 0 Å². The Hall–Kier alpha value is -1.19. The molecule has 5 nitrogen and oxygen atoms in total. The zero-order valence-corrected chi connectivity index (χ0v) is 9.96. The molecule has 0 atom stereocenters. The SMILES string of the molecule is O=S(=O)(CCc1ccccn1)NOCC(F)(F)F. The summed E-state index contributed by atoms with van der Waals surface area (Å²) in [4.78, 5) is 9.17. The molecular formula is C9H11F3N2O3S. The van der Waals surface area contributed by atoms with E-state index in [1.165, 1.54) is 11.1 Å². The molecule has 9 heteroatoms. The molecule has 0 bridgehead atoms. The van der Waals surface area contributed by atoms with Gasteiger partial charge in [-0.05, 0) is 12.1 Å². The Kier molecular flexibility index (Phi) is 5.05. The first-order valence-electron chi connectivity index (χ1n) is 4.86. The first kappa shape index (κ1) is 14.9. The van der Waals surface area contributed by atoms with Crippen molar-refractivity contribution in [3.8, 4) is 0 Å². The highest BCUT2D eigenvalue weighted by Crippen LogP contribution is 2.13. The number of sulfonamides is 1. The lowest BCUT2D eigenvalue weighted by atomic mass is 10.3. The van der Waals surface area contributed by atoms with Crippen molar-refractivity contribution < 1.29 is 26.4 Å². The molecule has 0 aliphatic carbocycles. The summed E-state index contributed by atoms with van der Waals surface area (Å²) < 4.78 is 57.7. The third-order valence-electron chi connectivity index (χ3n) is 1.77. The van der Waals surface area contributed by atoms with E-state index in [0.29, 0.717) is 5.69 Å². The topological polar surface area (TPSA) is 68.3 Å². The van der Waals surface area contributed by atoms with Gasteiger partial charge in [0.15, 0.2) is 6.61 Å². The van der Waals surface area contributed by atoms with Crippen molar-refractivity contribution in [3.05, 3.63) is 30.1 Å². The number of halogens is 3. The van der Waals surface area contributed by atoms with Crippen molar-refractivity contribution in [3.63, 3.8) is 0 Å². The Morgan fingerprint density at radius 1 is 1.33 bits per heavy atom. The number of alkyl halides is 3. The summed E-state index contributed by atoms with van der Waals surface area (Å²) in [7, 11) is -3.91. The van der Waals surface area contributed by atoms with E-state index in [1.54, 1.807) is 18.2 Å². The average Bonchev–Trinajstić information content (AvgIpc) is 2.26. The van der Waals surface area contributed by atoms with Crippen molar-refractivity contribution in [1.82, 2.24) is 9.87 Å². The molecule has 1 aromatic heterocycles. The Bertz CT molecular complexity index is 462. The second-order valence-electron chi connectivity index (χ2n) is 3.38. The largest absolute Gasteiger partial charge is 0.413 e. The van der Waals surface area contributed by atoms with Gasteiger partial charge in [-0.15, -0.1) is 0 Å². The van der Waals surface area contributed by atoms with Crippen LogP contribution in [0.5, 0.6) is 0 Å². The van der Waals surface area contributed by atoms with Crippen LogP contribution in [0.15, 0.2) is 24.4 Å². The van der Waals surface area contributed by atoms with Crippen LogP contribution in [-0.4, -0.2) is 31.9 Å². The van der Waals surface area contributed by atoms with E-state index in [9.17, 15) is 21.6 Å². The number of rotatable bonds is 6. The van der Waals surface area contributed by atoms with Crippen LogP contribution in [0.4, 0.5) is 13.2 Å². The second-order valence-corrected chi connectivity index (χ2v) is 5.18. The Morgan fingerprint density at radius 3 is 2.61 bits per heavy atom. The quantitative estimate of drug-likeness (QED) is 0.792. The molecule has 1 N–H and O–H groups in total. The molecule has 0 radical (unpaired) electrons. The molecule has 0 saturated carbocycles. The fourth-order valence-corrected chi connectivity index (χ4v) is 1.83. The van der Waals surface area contributed by atoms with Crippen LogP contribution >= 0.6 is 0 Å². The average molecular weight is 284 g/mol. The van der Waals surface area contributed by atoms with E-state index in [-0.39, 0.29) is 6.42 Å². The third-order valence-corrected chi connectivity index (χ3v) is 2.89. The second kappa shape index (κ2) is 6.12. The Balaban J connectivity index is 2.37. The van der Waals surface area contributed by atoms with Gasteiger partial charge in [-0.1, -0.05) is 11.0 Å². The lowest BCUT2D eigenvalue weighted by Crippen LogP contribution is -2.31. The monoisotopic (exact) mass is 284 g/mol. The maximum Gasteiger partial charge on any atom is 0.413 e. The molecule has 0 saturated heterocycles. The van der Waals surface area contributed by atoms with E-state index in [0.717, 1.165) is 0 Å². The molecule has 0 spiro atoms. The number of nitrogens with one attached hydrogen (secondary N) is 1. The highest BCUT2D eigenvalue weighted by Gasteiger charge is 2.28. The van der Waals surface area contributed by atoms with Gasteiger partial charge in [-0.3, -0.25) is 9.82 Å². The van der Waals surface area contributed by atoms with Crippen LogP contribution in [0.3, 0.4) is 0 Å². The molecule has 18 heavy (non-hydrogen) atoms. The number of hydrogen-bond donors (Lipinski definition) is 1. The first-order chi connectivity index (χ1) is 8.29. The lowest BCUT2D eigenvalue weighted by molar-refractivity contribution is -0.181. The Labute approximate surface area is 102 Å². The molecule has 1 rings (SSSR count). The van der Waals surface area contributed by atoms with Crippen molar-refractivity contribution >= 4 is 10.0 Å². The summed E-state index contributed by atoms with van der Waals surface area (Å²) in [5, 5.41) is 0. The van der Waals surface area contributed by atoms with E-state index in [4.69, 9.17) is 0 Å². The van der Waals surface area contributed by atoms with Gasteiger partial charge in [-0.25, -0.2) is 8.42 Å². The van der Waals surface area contributed by atoms with Crippen LogP contribution in [0.25, 0.3) is 0 Å². The molecule has 1 aromatic rings. The van der Waals surface area contributed by atoms with Gasteiger partial charge in [0.25, 0.3) is 0 Å². The number of nitrogens with zero attached hydrogens (tertiary/aromatic N) is 1. The van der Waals surface area contributed by atoms with Crippen LogP contribution < -0.4 is 4.89 Å². The molecule has 102 valence electrons. The van der Waals surface area contributed by atoms with Gasteiger partial charge < -0.3 is 0 Å². The van der Waals surface area contributed by atoms with Crippen molar-refractivity contribution in [2.75, 3.05) is 12.4 Å². The number of pyridine rings is 1. The minimum absolute atomic E-state index is 0.0888. The van der Waals surface area contributed by atoms with Crippen LogP contribution in [-0.2, 0) is 21.3 Å².